The largest absolute Gasteiger partial charge is 0.343 e. The summed E-state index contributed by atoms with van der Waals surface area (Å²) in [6.45, 7) is 9.05. The van der Waals surface area contributed by atoms with Gasteiger partial charge in [0.25, 0.3) is 6.43 Å². The number of hydrogen-bond donors (Lipinski definition) is 1. The Bertz CT molecular complexity index is 2960. The zero-order valence-corrected chi connectivity index (χ0v) is 39.4. The molecular weight excluding hydrogens is 887 g/mol. The number of anilines is 2. The number of rotatable bonds is 9. The van der Waals surface area contributed by atoms with Crippen LogP contribution in [0.3, 0.4) is 0 Å². The highest BCUT2D eigenvalue weighted by molar-refractivity contribution is 6.00. The fourth-order valence-electron chi connectivity index (χ4n) is 10.9. The summed E-state index contributed by atoms with van der Waals surface area (Å²) in [5.74, 6) is 6.59. The van der Waals surface area contributed by atoms with Gasteiger partial charge in [-0.25, -0.2) is 13.6 Å². The normalized spacial score (nSPS) is 19.4. The monoisotopic (exact) mass is 944 g/mol. The van der Waals surface area contributed by atoms with Gasteiger partial charge in [0.2, 0.25) is 23.6 Å². The van der Waals surface area contributed by atoms with Gasteiger partial charge in [-0.2, -0.15) is 10.2 Å². The standard InChI is InChI=1S/C50H58F2N12O5/c1-32(65)61-21-14-40-39(31-61)48(62-17-5-7-34-27-37(35-29-53-56(2)30-35)38(47(51)52)28-43(34)62)55-64(40)36-12-19-60(20-13-36)46(67)15-18-59-24-22-58(23-25-59)16-4-6-33-8-9-41-44(26-33)57(3)50(69)63(41)42-10-11-45(66)54-49(42)68/h8-9,26-30,36,42,47H,5,7,10-25,31H2,1-3H3,(H,54,66,68). The molecular formula is C50H58F2N12O5. The molecule has 5 aliphatic heterocycles. The third-order valence-corrected chi connectivity index (χ3v) is 14.8. The van der Waals surface area contributed by atoms with Gasteiger partial charge in [-0.3, -0.25) is 47.9 Å². The third kappa shape index (κ3) is 9.07. The van der Waals surface area contributed by atoms with Gasteiger partial charge < -0.3 is 19.6 Å². The molecule has 0 bridgehead atoms. The average molecular weight is 945 g/mol. The van der Waals surface area contributed by atoms with Crippen LogP contribution >= 0.6 is 0 Å². The van der Waals surface area contributed by atoms with Crippen molar-refractivity contribution in [1.29, 1.82) is 0 Å². The molecule has 1 N–H and O–H groups in total. The van der Waals surface area contributed by atoms with Crippen molar-refractivity contribution < 1.29 is 28.0 Å². The SMILES string of the molecule is CC(=O)N1CCc2c(c(N3CCCc4cc(-c5cnn(C)c5)c(C(F)F)cc43)nn2C2CCN(C(=O)CCN3CCN(CC#Cc4ccc5c(c4)n(C)c(=O)n5C4CCC(=O)NC4=O)CC3)CC2)C1. The Morgan fingerprint density at radius 2 is 1.67 bits per heavy atom. The van der Waals surface area contributed by atoms with Crippen LogP contribution in [0.15, 0.2) is 47.5 Å². The van der Waals surface area contributed by atoms with Crippen molar-refractivity contribution in [2.75, 3.05) is 70.3 Å². The summed E-state index contributed by atoms with van der Waals surface area (Å²) < 4.78 is 36.2. The number of imide groups is 1. The van der Waals surface area contributed by atoms with Crippen LogP contribution in [0.4, 0.5) is 20.3 Å². The number of imidazole rings is 1. The van der Waals surface area contributed by atoms with E-state index < -0.39 is 18.4 Å². The molecule has 0 aliphatic carbocycles. The number of piperazine rings is 1. The minimum atomic E-state index is -2.68. The van der Waals surface area contributed by atoms with Gasteiger partial charge in [0, 0.05) is 139 Å². The Kier molecular flexibility index (Phi) is 12.7. The van der Waals surface area contributed by atoms with Crippen molar-refractivity contribution in [3.63, 3.8) is 0 Å². The fraction of sp³-hybridized carbons (Fsp3) is 0.500. The predicted molar refractivity (Wildman–Crippen MR) is 254 cm³/mol. The second kappa shape index (κ2) is 19.0. The second-order valence-corrected chi connectivity index (χ2v) is 19.1. The van der Waals surface area contributed by atoms with Crippen LogP contribution in [0, 0.1) is 11.8 Å². The van der Waals surface area contributed by atoms with E-state index in [0.29, 0.717) is 80.8 Å². The maximum absolute atomic E-state index is 14.7. The average Bonchev–Trinajstić information content (AvgIpc) is 4.03. The summed E-state index contributed by atoms with van der Waals surface area (Å²) in [5.41, 5.74) is 6.62. The molecule has 69 heavy (non-hydrogen) atoms. The van der Waals surface area contributed by atoms with E-state index in [9.17, 15) is 32.8 Å². The van der Waals surface area contributed by atoms with Crippen molar-refractivity contribution >= 4 is 46.2 Å². The highest BCUT2D eigenvalue weighted by atomic mass is 19.3. The van der Waals surface area contributed by atoms with E-state index in [-0.39, 0.29) is 47.9 Å². The van der Waals surface area contributed by atoms with Crippen LogP contribution in [0.2, 0.25) is 0 Å². The Morgan fingerprint density at radius 1 is 0.884 bits per heavy atom. The quantitative estimate of drug-likeness (QED) is 0.169. The maximum Gasteiger partial charge on any atom is 0.329 e. The summed E-state index contributed by atoms with van der Waals surface area (Å²) in [6, 6.07) is 8.37. The Morgan fingerprint density at radius 3 is 2.39 bits per heavy atom. The molecule has 3 aromatic heterocycles. The van der Waals surface area contributed by atoms with Gasteiger partial charge in [-0.1, -0.05) is 11.8 Å². The number of benzene rings is 2. The first-order valence-corrected chi connectivity index (χ1v) is 24.1. The number of carbonyl (C=O) groups is 4. The molecule has 2 aromatic carbocycles. The molecule has 0 radical (unpaired) electrons. The molecule has 5 aromatic rings. The van der Waals surface area contributed by atoms with E-state index in [1.165, 1.54) is 9.13 Å². The summed E-state index contributed by atoms with van der Waals surface area (Å²) in [5, 5.41) is 11.9. The molecule has 1 atom stereocenters. The summed E-state index contributed by atoms with van der Waals surface area (Å²) in [7, 11) is 3.44. The molecule has 0 spiro atoms. The van der Waals surface area contributed by atoms with Crippen molar-refractivity contribution in [2.24, 2.45) is 14.1 Å². The van der Waals surface area contributed by atoms with E-state index >= 15 is 0 Å². The zero-order valence-electron chi connectivity index (χ0n) is 39.4. The van der Waals surface area contributed by atoms with Gasteiger partial charge in [0.05, 0.1) is 36.4 Å². The molecule has 19 heteroatoms. The summed E-state index contributed by atoms with van der Waals surface area (Å²) >= 11 is 0. The number of piperidine rings is 2. The molecule has 8 heterocycles. The molecule has 0 saturated carbocycles. The number of likely N-dealkylation sites (tertiary alicyclic amines) is 1. The van der Waals surface area contributed by atoms with Crippen LogP contribution in [-0.2, 0) is 52.7 Å². The number of halogens is 2. The lowest BCUT2D eigenvalue weighted by Crippen LogP contribution is -2.47. The highest BCUT2D eigenvalue weighted by Gasteiger charge is 2.36. The Balaban J connectivity index is 0.742. The van der Waals surface area contributed by atoms with Crippen LogP contribution in [-0.4, -0.2) is 137 Å². The van der Waals surface area contributed by atoms with Crippen molar-refractivity contribution in [2.45, 2.75) is 83.3 Å². The number of fused-ring (bicyclic) bond motifs is 3. The van der Waals surface area contributed by atoms with Crippen molar-refractivity contribution in [1.82, 2.24) is 53.6 Å². The lowest BCUT2D eigenvalue weighted by Gasteiger charge is -2.35. The molecule has 362 valence electrons. The number of nitrogens with zero attached hydrogens (tertiary/aromatic N) is 11. The molecule has 3 fully saturated rings. The number of nitrogens with one attached hydrogen (secondary N) is 1. The molecule has 1 unspecified atom stereocenters. The van der Waals surface area contributed by atoms with E-state index in [1.807, 2.05) is 34.1 Å². The van der Waals surface area contributed by atoms with E-state index in [4.69, 9.17) is 5.10 Å². The van der Waals surface area contributed by atoms with Crippen LogP contribution in [0.25, 0.3) is 22.2 Å². The number of carbonyl (C=O) groups excluding carboxylic acids is 4. The summed E-state index contributed by atoms with van der Waals surface area (Å²) in [6.07, 6.45) is 5.33. The first kappa shape index (κ1) is 46.1. The molecule has 4 amide bonds. The zero-order chi connectivity index (χ0) is 48.1. The number of aromatic nitrogens is 6. The topological polar surface area (TPSA) is 159 Å². The number of aryl methyl sites for hydroxylation is 3. The molecule has 5 aliphatic rings. The van der Waals surface area contributed by atoms with Gasteiger partial charge in [-0.15, -0.1) is 0 Å². The lowest BCUT2D eigenvalue weighted by atomic mass is 9.92. The first-order chi connectivity index (χ1) is 33.3. The van der Waals surface area contributed by atoms with Crippen molar-refractivity contribution in [3.05, 3.63) is 81.2 Å². The van der Waals surface area contributed by atoms with Gasteiger partial charge >= 0.3 is 5.69 Å². The summed E-state index contributed by atoms with van der Waals surface area (Å²) in [4.78, 5) is 74.2. The minimum Gasteiger partial charge on any atom is -0.343 e. The smallest absolute Gasteiger partial charge is 0.329 e. The predicted octanol–water partition coefficient (Wildman–Crippen LogP) is 4.06. The maximum atomic E-state index is 14.7. The van der Waals surface area contributed by atoms with Crippen LogP contribution in [0.5, 0.6) is 0 Å². The number of alkyl halides is 2. The van der Waals surface area contributed by atoms with Gasteiger partial charge in [-0.05, 0) is 73.6 Å². The van der Waals surface area contributed by atoms with E-state index in [0.717, 1.165) is 85.8 Å². The number of amides is 4. The molecule has 10 rings (SSSR count). The van der Waals surface area contributed by atoms with Crippen LogP contribution in [0.1, 0.15) is 91.9 Å². The van der Waals surface area contributed by atoms with E-state index in [2.05, 4.69) is 41.6 Å². The number of hydrogen-bond acceptors (Lipinski definition) is 10. The fourth-order valence-corrected chi connectivity index (χ4v) is 10.9. The second-order valence-electron chi connectivity index (χ2n) is 19.1. The van der Waals surface area contributed by atoms with Crippen molar-refractivity contribution in [3.8, 4) is 23.0 Å². The van der Waals surface area contributed by atoms with Crippen LogP contribution < -0.4 is 15.9 Å². The molecule has 17 nitrogen and oxygen atoms in total. The van der Waals surface area contributed by atoms with Gasteiger partial charge in [0.15, 0.2) is 5.82 Å². The minimum absolute atomic E-state index is 0.0107. The third-order valence-electron chi connectivity index (χ3n) is 14.8. The lowest BCUT2D eigenvalue weighted by molar-refractivity contribution is -0.136. The molecule has 3 saturated heterocycles. The Hall–Kier alpha value is -6.65. The van der Waals surface area contributed by atoms with Gasteiger partial charge in [0.1, 0.15) is 6.04 Å². The Labute approximate surface area is 398 Å². The first-order valence-electron chi connectivity index (χ1n) is 24.1. The highest BCUT2D eigenvalue weighted by Crippen LogP contribution is 2.44. The van der Waals surface area contributed by atoms with E-state index in [1.54, 1.807) is 44.2 Å².